The highest BCUT2D eigenvalue weighted by Gasteiger charge is 2.38. The van der Waals surface area contributed by atoms with Gasteiger partial charge < -0.3 is 4.74 Å². The number of esters is 1. The van der Waals surface area contributed by atoms with E-state index in [-0.39, 0.29) is 11.8 Å². The highest BCUT2D eigenvalue weighted by molar-refractivity contribution is 8.02. The van der Waals surface area contributed by atoms with Crippen molar-refractivity contribution < 1.29 is 19.1 Å². The summed E-state index contributed by atoms with van der Waals surface area (Å²) in [7, 11) is 7.00. The van der Waals surface area contributed by atoms with Crippen molar-refractivity contribution in [1.82, 2.24) is 9.34 Å². The predicted octanol–water partition coefficient (Wildman–Crippen LogP) is 2.25. The van der Waals surface area contributed by atoms with Gasteiger partial charge in [-0.15, -0.1) is 0 Å². The third kappa shape index (κ3) is 4.26. The molecular weight excluding hydrogens is 365 g/mol. The third-order valence-corrected chi connectivity index (χ3v) is 6.79. The van der Waals surface area contributed by atoms with Gasteiger partial charge >= 0.3 is 5.97 Å². The fourth-order valence-corrected chi connectivity index (χ4v) is 3.21. The Balaban J connectivity index is 2.26. The third-order valence-electron chi connectivity index (χ3n) is 3.64. The number of ether oxygens (including phenoxy) is 1. The molecule has 24 heavy (non-hydrogen) atoms. The Kier molecular flexibility index (Phi) is 7.01. The number of nitrogens with zero attached hydrogens (tertiary/aromatic N) is 2. The van der Waals surface area contributed by atoms with E-state index >= 15 is 0 Å². The first kappa shape index (κ1) is 19.1. The maximum atomic E-state index is 12.6. The molecule has 2 amide bonds. The Hall–Kier alpha value is -1.18. The number of fused-ring (bicyclic) bond motifs is 1. The van der Waals surface area contributed by atoms with Crippen molar-refractivity contribution in [3.63, 3.8) is 0 Å². The van der Waals surface area contributed by atoms with Crippen molar-refractivity contribution in [2.45, 2.75) is 12.5 Å². The number of benzene rings is 1. The molecule has 0 aromatic heterocycles. The standard InChI is InChI=1S/C15H19N2O4P3/c1-21-13(18)7-6-10(8-9-16(22)24-23)17-14(19)11-4-2-3-5-12(11)15(17)20/h2-7,10,24H,8-9,22-23H2,1H3/b7-6+. The molecule has 1 aromatic rings. The Labute approximate surface area is 147 Å². The van der Waals surface area contributed by atoms with Gasteiger partial charge in [0.15, 0.2) is 0 Å². The lowest BCUT2D eigenvalue weighted by Gasteiger charge is -2.25. The largest absolute Gasteiger partial charge is 0.466 e. The van der Waals surface area contributed by atoms with Crippen molar-refractivity contribution in [3.8, 4) is 0 Å². The van der Waals surface area contributed by atoms with Crippen LogP contribution in [-0.4, -0.2) is 46.8 Å². The van der Waals surface area contributed by atoms with Gasteiger partial charge in [0.25, 0.3) is 11.8 Å². The molecule has 0 spiro atoms. The fraction of sp³-hybridized carbons (Fsp3) is 0.267. The molecule has 0 saturated heterocycles. The van der Waals surface area contributed by atoms with Gasteiger partial charge in [-0.1, -0.05) is 36.5 Å². The number of hydrogen-bond acceptors (Lipinski definition) is 5. The smallest absolute Gasteiger partial charge is 0.330 e. The fourth-order valence-electron chi connectivity index (χ4n) is 2.41. The average molecular weight is 384 g/mol. The van der Waals surface area contributed by atoms with E-state index in [1.54, 1.807) is 30.3 Å². The second-order valence-electron chi connectivity index (χ2n) is 5.09. The number of carbonyl (C=O) groups is 3. The molecule has 4 unspecified atom stereocenters. The number of rotatable bonds is 7. The van der Waals surface area contributed by atoms with Crippen LogP contribution < -0.4 is 0 Å². The minimum Gasteiger partial charge on any atom is -0.466 e. The molecule has 2 rings (SSSR count). The summed E-state index contributed by atoms with van der Waals surface area (Å²) in [6.45, 7) is 0.649. The van der Waals surface area contributed by atoms with Crippen LogP contribution in [0.1, 0.15) is 27.1 Å². The van der Waals surface area contributed by atoms with Gasteiger partial charge in [-0.3, -0.25) is 18.9 Å². The maximum absolute atomic E-state index is 12.6. The van der Waals surface area contributed by atoms with Crippen molar-refractivity contribution >= 4 is 44.5 Å². The van der Waals surface area contributed by atoms with Crippen molar-refractivity contribution in [3.05, 3.63) is 47.5 Å². The SMILES string of the molecule is COC(=O)/C=C/C(CCN(P)PP)N1C(=O)c2ccccc2C1=O. The molecule has 0 N–H and O–H groups in total. The van der Waals surface area contributed by atoms with Gasteiger partial charge in [-0.25, -0.2) is 4.79 Å². The first-order valence-electron chi connectivity index (χ1n) is 7.21. The van der Waals surface area contributed by atoms with E-state index in [9.17, 15) is 14.4 Å². The summed E-state index contributed by atoms with van der Waals surface area (Å²) in [5, 5.41) is 0. The monoisotopic (exact) mass is 384 g/mol. The topological polar surface area (TPSA) is 66.9 Å². The van der Waals surface area contributed by atoms with E-state index in [0.717, 1.165) is 0 Å². The van der Waals surface area contributed by atoms with E-state index in [2.05, 4.69) is 23.1 Å². The Morgan fingerprint density at radius 3 is 2.42 bits per heavy atom. The first-order chi connectivity index (χ1) is 11.5. The molecule has 1 heterocycles. The second-order valence-corrected chi connectivity index (χ2v) is 7.83. The van der Waals surface area contributed by atoms with Gasteiger partial charge in [0.2, 0.25) is 0 Å². The van der Waals surface area contributed by atoms with Crippen molar-refractivity contribution in [2.75, 3.05) is 13.7 Å². The minimum absolute atomic E-state index is 0.334. The maximum Gasteiger partial charge on any atom is 0.330 e. The summed E-state index contributed by atoms with van der Waals surface area (Å²) >= 11 is 0. The number of amides is 2. The lowest BCUT2D eigenvalue weighted by atomic mass is 10.1. The highest BCUT2D eigenvalue weighted by atomic mass is 32.0. The van der Waals surface area contributed by atoms with Crippen LogP contribution in [0.4, 0.5) is 0 Å². The predicted molar refractivity (Wildman–Crippen MR) is 101 cm³/mol. The van der Waals surface area contributed by atoms with Gasteiger partial charge in [0.1, 0.15) is 0 Å². The molecule has 9 heteroatoms. The van der Waals surface area contributed by atoms with E-state index in [1.165, 1.54) is 18.1 Å². The molecular formula is C15H19N2O4P3. The molecule has 0 bridgehead atoms. The quantitative estimate of drug-likeness (QED) is 0.312. The van der Waals surface area contributed by atoms with Crippen LogP contribution >= 0.6 is 26.7 Å². The number of carbonyl (C=O) groups excluding carboxylic acids is 3. The molecule has 0 fully saturated rings. The van der Waals surface area contributed by atoms with Crippen LogP contribution in [0.5, 0.6) is 0 Å². The van der Waals surface area contributed by atoms with Crippen molar-refractivity contribution in [2.24, 2.45) is 0 Å². The zero-order chi connectivity index (χ0) is 17.7. The second kappa shape index (κ2) is 8.78. The summed E-state index contributed by atoms with van der Waals surface area (Å²) in [4.78, 5) is 37.8. The molecule has 1 aromatic carbocycles. The Morgan fingerprint density at radius 2 is 1.92 bits per heavy atom. The van der Waals surface area contributed by atoms with Crippen LogP contribution in [-0.2, 0) is 9.53 Å². The normalized spacial score (nSPS) is 15.8. The molecule has 0 radical (unpaired) electrons. The minimum atomic E-state index is -0.521. The van der Waals surface area contributed by atoms with Gasteiger partial charge in [-0.2, -0.15) is 0 Å². The molecule has 1 aliphatic rings. The summed E-state index contributed by atoms with van der Waals surface area (Å²) < 4.78 is 6.58. The number of methoxy groups -OCH3 is 1. The zero-order valence-electron chi connectivity index (χ0n) is 13.1. The van der Waals surface area contributed by atoms with Crippen LogP contribution in [0.15, 0.2) is 36.4 Å². The van der Waals surface area contributed by atoms with Crippen molar-refractivity contribution in [1.29, 1.82) is 0 Å². The molecule has 1 aliphatic heterocycles. The number of hydrogen-bond donors (Lipinski definition) is 0. The summed E-state index contributed by atoms with van der Waals surface area (Å²) in [6, 6.07) is 6.23. The Morgan fingerprint density at radius 1 is 1.33 bits per heavy atom. The van der Waals surface area contributed by atoms with Gasteiger partial charge in [-0.05, 0) is 27.0 Å². The summed E-state index contributed by atoms with van der Waals surface area (Å²) in [5.74, 6) is -1.19. The van der Waals surface area contributed by atoms with E-state index in [1.807, 2.05) is 4.44 Å². The van der Waals surface area contributed by atoms with Crippen LogP contribution in [0.25, 0.3) is 0 Å². The molecule has 0 aliphatic carbocycles. The van der Waals surface area contributed by atoms with Crippen LogP contribution in [0.3, 0.4) is 0 Å². The lowest BCUT2D eigenvalue weighted by molar-refractivity contribution is -0.134. The van der Waals surface area contributed by atoms with Crippen LogP contribution in [0.2, 0.25) is 0 Å². The van der Waals surface area contributed by atoms with Gasteiger partial charge in [0, 0.05) is 12.6 Å². The lowest BCUT2D eigenvalue weighted by Crippen LogP contribution is -2.39. The highest BCUT2D eigenvalue weighted by Crippen LogP contribution is 2.31. The zero-order valence-corrected chi connectivity index (χ0v) is 16.4. The van der Waals surface area contributed by atoms with E-state index in [0.29, 0.717) is 32.5 Å². The summed E-state index contributed by atoms with van der Waals surface area (Å²) in [5.41, 5.74) is 0.796. The molecule has 128 valence electrons. The molecule has 0 saturated carbocycles. The van der Waals surface area contributed by atoms with Crippen LogP contribution in [0, 0.1) is 0 Å². The molecule has 6 nitrogen and oxygen atoms in total. The van der Waals surface area contributed by atoms with E-state index < -0.39 is 12.0 Å². The van der Waals surface area contributed by atoms with E-state index in [4.69, 9.17) is 0 Å². The number of imide groups is 1. The first-order valence-corrected chi connectivity index (χ1v) is 10.5. The van der Waals surface area contributed by atoms with Gasteiger partial charge in [0.05, 0.1) is 24.3 Å². The Bertz CT molecular complexity index is 645. The molecule has 4 atom stereocenters. The summed E-state index contributed by atoms with van der Waals surface area (Å²) in [6.07, 6.45) is 3.33. The average Bonchev–Trinajstić information content (AvgIpc) is 2.86.